The Bertz CT molecular complexity index is 933. The van der Waals surface area contributed by atoms with Gasteiger partial charge in [-0.15, -0.1) is 5.10 Å². The summed E-state index contributed by atoms with van der Waals surface area (Å²) in [6.45, 7) is 2.51. The third-order valence-corrected chi connectivity index (χ3v) is 5.51. The quantitative estimate of drug-likeness (QED) is 0.758. The maximum atomic E-state index is 12.8. The molecule has 30 heavy (non-hydrogen) atoms. The number of hydrogen-bond acceptors (Lipinski definition) is 6. The number of piperidine rings is 1. The van der Waals surface area contributed by atoms with Gasteiger partial charge < -0.3 is 9.84 Å². The van der Waals surface area contributed by atoms with Crippen LogP contribution < -0.4 is 0 Å². The average molecular weight is 423 g/mol. The molecule has 1 aliphatic rings. The number of ether oxygens (including phenoxy) is 1. The molecule has 2 heterocycles. The summed E-state index contributed by atoms with van der Waals surface area (Å²) >= 11 is 0. The van der Waals surface area contributed by atoms with Gasteiger partial charge in [-0.2, -0.15) is 18.3 Å². The summed E-state index contributed by atoms with van der Waals surface area (Å²) in [6, 6.07) is 4.42. The van der Waals surface area contributed by atoms with Gasteiger partial charge in [0.2, 0.25) is 0 Å². The molecule has 1 aromatic carbocycles. The van der Waals surface area contributed by atoms with E-state index in [9.17, 15) is 23.1 Å². The van der Waals surface area contributed by atoms with Crippen LogP contribution in [-0.4, -0.2) is 52.9 Å². The van der Waals surface area contributed by atoms with Crippen molar-refractivity contribution in [2.75, 3.05) is 20.7 Å². The number of rotatable bonds is 4. The number of esters is 1. The van der Waals surface area contributed by atoms with Crippen molar-refractivity contribution < 1.29 is 27.8 Å². The molecule has 6 nitrogen and oxygen atoms in total. The van der Waals surface area contributed by atoms with E-state index in [1.54, 1.807) is 6.92 Å². The summed E-state index contributed by atoms with van der Waals surface area (Å²) in [5, 5.41) is 18.5. The van der Waals surface area contributed by atoms with Crippen molar-refractivity contribution in [1.29, 1.82) is 0 Å². The summed E-state index contributed by atoms with van der Waals surface area (Å²) in [4.78, 5) is 13.8. The highest BCUT2D eigenvalue weighted by molar-refractivity contribution is 5.75. The number of halogens is 3. The summed E-state index contributed by atoms with van der Waals surface area (Å²) in [6.07, 6.45) is -2.30. The Morgan fingerprint density at radius 2 is 2.00 bits per heavy atom. The standard InChI is InChI=1S/C21H24F3N3O3/c1-12-8-15(9-13-4-7-17(20(29)30-3)27(2)11-13)25-26-19(12)16-6-5-14(10-18(16)28)21(22,23)24/h5-6,8,10,13,17,28H,4,7,9,11H2,1-3H3. The van der Waals surface area contributed by atoms with E-state index >= 15 is 0 Å². The Balaban J connectivity index is 1.73. The lowest BCUT2D eigenvalue weighted by molar-refractivity contribution is -0.148. The highest BCUT2D eigenvalue weighted by Crippen LogP contribution is 2.36. The first-order chi connectivity index (χ1) is 14.1. The second-order valence-corrected chi connectivity index (χ2v) is 7.72. The lowest BCUT2D eigenvalue weighted by atomic mass is 9.89. The average Bonchev–Trinajstić information content (AvgIpc) is 2.67. The minimum atomic E-state index is -4.53. The number of aryl methyl sites for hydroxylation is 1. The predicted molar refractivity (Wildman–Crippen MR) is 104 cm³/mol. The normalized spacial score (nSPS) is 20.2. The fourth-order valence-corrected chi connectivity index (χ4v) is 3.95. The van der Waals surface area contributed by atoms with Crippen LogP contribution in [0.4, 0.5) is 13.2 Å². The number of alkyl halides is 3. The van der Waals surface area contributed by atoms with Crippen molar-refractivity contribution in [2.45, 2.75) is 38.4 Å². The van der Waals surface area contributed by atoms with E-state index in [2.05, 4.69) is 10.2 Å². The van der Waals surface area contributed by atoms with E-state index in [0.29, 0.717) is 36.1 Å². The fourth-order valence-electron chi connectivity index (χ4n) is 3.95. The van der Waals surface area contributed by atoms with Crippen LogP contribution in [0.2, 0.25) is 0 Å². The molecule has 0 saturated carbocycles. The number of phenolic OH excluding ortho intramolecular Hbond substituents is 1. The first-order valence-corrected chi connectivity index (χ1v) is 9.62. The maximum absolute atomic E-state index is 12.8. The third-order valence-electron chi connectivity index (χ3n) is 5.51. The number of likely N-dealkylation sites (N-methyl/N-ethyl adjacent to an activating group) is 1. The monoisotopic (exact) mass is 423 g/mol. The van der Waals surface area contributed by atoms with Gasteiger partial charge in [0.15, 0.2) is 0 Å². The highest BCUT2D eigenvalue weighted by atomic mass is 19.4. The zero-order chi connectivity index (χ0) is 22.1. The van der Waals surface area contributed by atoms with Crippen LogP contribution in [0, 0.1) is 12.8 Å². The second-order valence-electron chi connectivity index (χ2n) is 7.72. The van der Waals surface area contributed by atoms with Crippen molar-refractivity contribution in [3.05, 3.63) is 41.1 Å². The number of carbonyl (C=O) groups is 1. The van der Waals surface area contributed by atoms with Crippen LogP contribution in [0.15, 0.2) is 24.3 Å². The van der Waals surface area contributed by atoms with Gasteiger partial charge in [0, 0.05) is 12.1 Å². The van der Waals surface area contributed by atoms with Crippen LogP contribution in [0.1, 0.15) is 29.7 Å². The summed E-state index contributed by atoms with van der Waals surface area (Å²) in [7, 11) is 3.28. The molecule has 0 bridgehead atoms. The lowest BCUT2D eigenvalue weighted by Gasteiger charge is -2.35. The number of hydrogen-bond donors (Lipinski definition) is 1. The van der Waals surface area contributed by atoms with Gasteiger partial charge in [0.05, 0.1) is 24.1 Å². The molecular weight excluding hydrogens is 399 g/mol. The molecule has 162 valence electrons. The van der Waals surface area contributed by atoms with Crippen LogP contribution >= 0.6 is 0 Å². The van der Waals surface area contributed by atoms with E-state index in [1.165, 1.54) is 13.2 Å². The van der Waals surface area contributed by atoms with Crippen LogP contribution in [0.3, 0.4) is 0 Å². The van der Waals surface area contributed by atoms with Crippen LogP contribution in [-0.2, 0) is 22.1 Å². The van der Waals surface area contributed by atoms with Gasteiger partial charge in [0.1, 0.15) is 11.8 Å². The summed E-state index contributed by atoms with van der Waals surface area (Å²) in [5.74, 6) is -0.417. The number of likely N-dealkylation sites (tertiary alicyclic amines) is 1. The molecule has 0 aliphatic carbocycles. The maximum Gasteiger partial charge on any atom is 0.416 e. The van der Waals surface area contributed by atoms with Gasteiger partial charge in [-0.05, 0) is 69.0 Å². The van der Waals surface area contributed by atoms with E-state index in [4.69, 9.17) is 4.74 Å². The third kappa shape index (κ3) is 4.72. The van der Waals surface area contributed by atoms with Gasteiger partial charge in [0.25, 0.3) is 0 Å². The topological polar surface area (TPSA) is 75.5 Å². The smallest absolute Gasteiger partial charge is 0.416 e. The van der Waals surface area contributed by atoms with Crippen molar-refractivity contribution >= 4 is 5.97 Å². The molecule has 0 radical (unpaired) electrons. The van der Waals surface area contributed by atoms with Crippen molar-refractivity contribution in [2.24, 2.45) is 5.92 Å². The van der Waals surface area contributed by atoms with Crippen molar-refractivity contribution in [3.63, 3.8) is 0 Å². The Kier molecular flexibility index (Phi) is 6.30. The molecule has 3 rings (SSSR count). The second kappa shape index (κ2) is 8.59. The molecule has 2 atom stereocenters. The molecule has 9 heteroatoms. The zero-order valence-electron chi connectivity index (χ0n) is 17.0. The molecule has 1 N–H and O–H groups in total. The Hall–Kier alpha value is -2.68. The van der Waals surface area contributed by atoms with Crippen LogP contribution in [0.25, 0.3) is 11.3 Å². The van der Waals surface area contributed by atoms with E-state index in [0.717, 1.165) is 24.7 Å². The van der Waals surface area contributed by atoms with E-state index in [-0.39, 0.29) is 17.6 Å². The first kappa shape index (κ1) is 22.0. The predicted octanol–water partition coefficient (Wildman–Crippen LogP) is 3.60. The van der Waals surface area contributed by atoms with Gasteiger partial charge in [-0.1, -0.05) is 0 Å². The van der Waals surface area contributed by atoms with Gasteiger partial charge >= 0.3 is 12.1 Å². The van der Waals surface area contributed by atoms with Gasteiger partial charge in [-0.25, -0.2) is 0 Å². The fraction of sp³-hybridized carbons (Fsp3) is 0.476. The number of carbonyl (C=O) groups excluding carboxylic acids is 1. The molecule has 0 amide bonds. The minimum absolute atomic E-state index is 0.206. The largest absolute Gasteiger partial charge is 0.507 e. The summed E-state index contributed by atoms with van der Waals surface area (Å²) in [5.41, 5.74) is 1.11. The van der Waals surface area contributed by atoms with E-state index < -0.39 is 17.5 Å². The molecule has 2 unspecified atom stereocenters. The highest BCUT2D eigenvalue weighted by Gasteiger charge is 2.32. The van der Waals surface area contributed by atoms with E-state index in [1.807, 2.05) is 18.0 Å². The molecule has 2 aromatic rings. The van der Waals surface area contributed by atoms with Crippen molar-refractivity contribution in [1.82, 2.24) is 15.1 Å². The summed E-state index contributed by atoms with van der Waals surface area (Å²) < 4.78 is 43.2. The Labute approximate surface area is 172 Å². The zero-order valence-corrected chi connectivity index (χ0v) is 17.0. The number of methoxy groups -OCH3 is 1. The number of benzene rings is 1. The lowest BCUT2D eigenvalue weighted by Crippen LogP contribution is -2.46. The molecular formula is C21H24F3N3O3. The number of phenols is 1. The molecule has 1 saturated heterocycles. The number of aromatic hydroxyl groups is 1. The van der Waals surface area contributed by atoms with Crippen molar-refractivity contribution in [3.8, 4) is 17.0 Å². The number of nitrogens with zero attached hydrogens (tertiary/aromatic N) is 3. The van der Waals surface area contributed by atoms with Gasteiger partial charge in [-0.3, -0.25) is 9.69 Å². The SMILES string of the molecule is COC(=O)C1CCC(Cc2cc(C)c(-c3ccc(C(F)(F)F)cc3O)nn2)CN1C. The first-order valence-electron chi connectivity index (χ1n) is 9.62. The molecule has 1 fully saturated rings. The molecule has 1 aliphatic heterocycles. The Morgan fingerprint density at radius 3 is 2.57 bits per heavy atom. The Morgan fingerprint density at radius 1 is 1.27 bits per heavy atom. The molecule has 1 aromatic heterocycles. The number of aromatic nitrogens is 2. The van der Waals surface area contributed by atoms with Crippen LogP contribution in [0.5, 0.6) is 5.75 Å². The minimum Gasteiger partial charge on any atom is -0.507 e. The molecule has 0 spiro atoms.